The molecule has 7 aromatic carbocycles. The van der Waals surface area contributed by atoms with Gasteiger partial charge in [0, 0.05) is 27.6 Å². The Hall–Kier alpha value is -7.18. The Morgan fingerprint density at radius 1 is 0.327 bits per heavy atom. The van der Waals surface area contributed by atoms with Crippen molar-refractivity contribution in [1.82, 2.24) is 19.9 Å². The lowest BCUT2D eigenvalue weighted by atomic mass is 10.0. The Bertz CT molecular complexity index is 2810. The summed E-state index contributed by atoms with van der Waals surface area (Å²) in [6.45, 7) is 0. The SMILES string of the molecule is c1ccc(-c2ccc(-c3nc4ccc5oc6ccc(-c7ccc(-c8nc(-c9ccccc9)nc(-c9ccccc9)n8)cc7)cc6c5c4o3)cc2)cc1. The molecule has 0 unspecified atom stereocenters. The van der Waals surface area contributed by atoms with E-state index in [1.165, 1.54) is 5.56 Å². The molecule has 3 aromatic heterocycles. The van der Waals surface area contributed by atoms with Crippen molar-refractivity contribution in [3.63, 3.8) is 0 Å². The topological polar surface area (TPSA) is 77.8 Å². The monoisotopic (exact) mass is 668 g/mol. The van der Waals surface area contributed by atoms with Crippen molar-refractivity contribution in [2.24, 2.45) is 0 Å². The van der Waals surface area contributed by atoms with Crippen LogP contribution in [0.4, 0.5) is 0 Å². The van der Waals surface area contributed by atoms with E-state index in [-0.39, 0.29) is 0 Å². The second-order valence-corrected chi connectivity index (χ2v) is 12.7. The predicted molar refractivity (Wildman–Crippen MR) is 207 cm³/mol. The molecule has 6 nitrogen and oxygen atoms in total. The van der Waals surface area contributed by atoms with Crippen LogP contribution in [0.25, 0.3) is 101 Å². The number of oxazole rings is 1. The van der Waals surface area contributed by atoms with Crippen molar-refractivity contribution in [1.29, 1.82) is 0 Å². The van der Waals surface area contributed by atoms with Crippen LogP contribution in [0.3, 0.4) is 0 Å². The second kappa shape index (κ2) is 12.3. The normalized spacial score (nSPS) is 11.5. The summed E-state index contributed by atoms with van der Waals surface area (Å²) in [5.74, 6) is 2.47. The fourth-order valence-electron chi connectivity index (χ4n) is 6.74. The van der Waals surface area contributed by atoms with Crippen molar-refractivity contribution in [2.45, 2.75) is 0 Å². The molecule has 0 atom stereocenters. The Balaban J connectivity index is 1.01. The number of furan rings is 1. The molecular formula is C46H28N4O2. The maximum atomic E-state index is 6.48. The minimum absolute atomic E-state index is 0.576. The van der Waals surface area contributed by atoms with Crippen LogP contribution in [-0.4, -0.2) is 19.9 Å². The van der Waals surface area contributed by atoms with Gasteiger partial charge in [-0.3, -0.25) is 0 Å². The molecule has 0 aliphatic rings. The minimum Gasteiger partial charge on any atom is -0.456 e. The van der Waals surface area contributed by atoms with Crippen LogP contribution in [0.5, 0.6) is 0 Å². The molecule has 0 spiro atoms. The first-order valence-corrected chi connectivity index (χ1v) is 17.1. The highest BCUT2D eigenvalue weighted by Gasteiger charge is 2.18. The summed E-state index contributed by atoms with van der Waals surface area (Å²) in [5, 5.41) is 1.89. The van der Waals surface area contributed by atoms with Crippen molar-refractivity contribution in [3.8, 4) is 67.9 Å². The van der Waals surface area contributed by atoms with Crippen LogP contribution in [-0.2, 0) is 0 Å². The van der Waals surface area contributed by atoms with E-state index in [2.05, 4.69) is 72.8 Å². The van der Waals surface area contributed by atoms with E-state index < -0.39 is 0 Å². The number of aromatic nitrogens is 4. The molecule has 10 aromatic rings. The van der Waals surface area contributed by atoms with Gasteiger partial charge in [-0.1, -0.05) is 133 Å². The summed E-state index contributed by atoms with van der Waals surface area (Å²) in [6.07, 6.45) is 0. The maximum Gasteiger partial charge on any atom is 0.227 e. The van der Waals surface area contributed by atoms with Crippen LogP contribution < -0.4 is 0 Å². The van der Waals surface area contributed by atoms with Gasteiger partial charge < -0.3 is 8.83 Å². The quantitative estimate of drug-likeness (QED) is 0.175. The van der Waals surface area contributed by atoms with Gasteiger partial charge in [-0.25, -0.2) is 19.9 Å². The zero-order chi connectivity index (χ0) is 34.4. The van der Waals surface area contributed by atoms with Gasteiger partial charge in [-0.15, -0.1) is 0 Å². The van der Waals surface area contributed by atoms with Gasteiger partial charge in [0.2, 0.25) is 5.89 Å². The van der Waals surface area contributed by atoms with E-state index in [1.54, 1.807) is 0 Å². The fourth-order valence-corrected chi connectivity index (χ4v) is 6.74. The maximum absolute atomic E-state index is 6.48. The van der Waals surface area contributed by atoms with Gasteiger partial charge in [0.05, 0.1) is 5.39 Å². The Kier molecular flexibility index (Phi) is 7.03. The summed E-state index contributed by atoms with van der Waals surface area (Å²) < 4.78 is 12.8. The molecule has 0 saturated heterocycles. The molecule has 0 amide bonds. The van der Waals surface area contributed by atoms with Gasteiger partial charge in [0.25, 0.3) is 0 Å². The first-order chi connectivity index (χ1) is 25.7. The summed E-state index contributed by atoms with van der Waals surface area (Å²) in [4.78, 5) is 19.5. The standard InChI is InChI=1S/C46H28N4O2/c1-4-10-29(11-5-1)30-18-22-35(23-19-30)46-47-38-25-27-40-41(42(38)52-46)37-28-36(24-26-39(37)51-40)31-16-20-34(21-17-31)45-49-43(32-12-6-2-7-13-32)48-44(50-45)33-14-8-3-9-15-33/h1-28H. The second-order valence-electron chi connectivity index (χ2n) is 12.7. The van der Waals surface area contributed by atoms with Crippen LogP contribution in [0, 0.1) is 0 Å². The highest BCUT2D eigenvalue weighted by atomic mass is 16.4. The summed E-state index contributed by atoms with van der Waals surface area (Å²) >= 11 is 0. The number of hydrogen-bond donors (Lipinski definition) is 0. The molecule has 244 valence electrons. The highest BCUT2D eigenvalue weighted by molar-refractivity contribution is 6.17. The third kappa shape index (κ3) is 5.30. The smallest absolute Gasteiger partial charge is 0.227 e. The zero-order valence-electron chi connectivity index (χ0n) is 27.8. The average Bonchev–Trinajstić information content (AvgIpc) is 3.83. The Labute approximate surface area is 298 Å². The van der Waals surface area contributed by atoms with Gasteiger partial charge >= 0.3 is 0 Å². The molecule has 10 rings (SSSR count). The van der Waals surface area contributed by atoms with Crippen LogP contribution >= 0.6 is 0 Å². The van der Waals surface area contributed by atoms with Crippen LogP contribution in [0.15, 0.2) is 179 Å². The van der Waals surface area contributed by atoms with Crippen molar-refractivity contribution >= 4 is 33.0 Å². The third-order valence-electron chi connectivity index (χ3n) is 9.40. The van der Waals surface area contributed by atoms with E-state index in [0.717, 1.165) is 66.4 Å². The fraction of sp³-hybridized carbons (Fsp3) is 0. The van der Waals surface area contributed by atoms with Gasteiger partial charge in [0.1, 0.15) is 16.7 Å². The number of rotatable bonds is 6. The van der Waals surface area contributed by atoms with E-state index in [4.69, 9.17) is 28.8 Å². The number of nitrogens with zero attached hydrogens (tertiary/aromatic N) is 4. The lowest BCUT2D eigenvalue weighted by Gasteiger charge is -2.09. The van der Waals surface area contributed by atoms with Crippen LogP contribution in [0.1, 0.15) is 0 Å². The number of fused-ring (bicyclic) bond motifs is 5. The first-order valence-electron chi connectivity index (χ1n) is 17.1. The zero-order valence-corrected chi connectivity index (χ0v) is 27.8. The molecule has 0 N–H and O–H groups in total. The van der Waals surface area contributed by atoms with Crippen LogP contribution in [0.2, 0.25) is 0 Å². The molecular weight excluding hydrogens is 641 g/mol. The highest BCUT2D eigenvalue weighted by Crippen LogP contribution is 2.39. The average molecular weight is 669 g/mol. The van der Waals surface area contributed by atoms with E-state index >= 15 is 0 Å². The molecule has 0 aliphatic carbocycles. The largest absolute Gasteiger partial charge is 0.456 e. The minimum atomic E-state index is 0.576. The molecule has 0 saturated carbocycles. The first kappa shape index (κ1) is 29.7. The summed E-state index contributed by atoms with van der Waals surface area (Å²) in [7, 11) is 0. The molecule has 3 heterocycles. The lowest BCUT2D eigenvalue weighted by Crippen LogP contribution is -2.00. The molecule has 0 radical (unpaired) electrons. The molecule has 0 fully saturated rings. The van der Waals surface area contributed by atoms with Crippen molar-refractivity contribution in [3.05, 3.63) is 170 Å². The van der Waals surface area contributed by atoms with E-state index in [1.807, 2.05) is 97.1 Å². The number of hydrogen-bond acceptors (Lipinski definition) is 6. The van der Waals surface area contributed by atoms with Crippen molar-refractivity contribution < 1.29 is 8.83 Å². The summed E-state index contributed by atoms with van der Waals surface area (Å²) in [5.41, 5.74) is 11.2. The Morgan fingerprint density at radius 2 is 0.769 bits per heavy atom. The molecule has 0 aliphatic heterocycles. The van der Waals surface area contributed by atoms with Gasteiger partial charge in [-0.2, -0.15) is 0 Å². The molecule has 6 heteroatoms. The molecule has 0 bridgehead atoms. The summed E-state index contributed by atoms with van der Waals surface area (Å²) in [6, 6.07) is 57.2. The van der Waals surface area contributed by atoms with Crippen molar-refractivity contribution in [2.75, 3.05) is 0 Å². The van der Waals surface area contributed by atoms with Gasteiger partial charge in [0.15, 0.2) is 23.1 Å². The predicted octanol–water partition coefficient (Wildman–Crippen LogP) is 11.9. The number of benzene rings is 7. The van der Waals surface area contributed by atoms with E-state index in [9.17, 15) is 0 Å². The lowest BCUT2D eigenvalue weighted by molar-refractivity contribution is 0.622. The Morgan fingerprint density at radius 3 is 1.37 bits per heavy atom. The van der Waals surface area contributed by atoms with E-state index in [0.29, 0.717) is 28.9 Å². The molecule has 52 heavy (non-hydrogen) atoms. The third-order valence-corrected chi connectivity index (χ3v) is 9.40. The van der Waals surface area contributed by atoms with Gasteiger partial charge in [-0.05, 0) is 58.7 Å².